The molecule has 5 heteroatoms. The molecule has 1 aromatic heterocycles. The first-order chi connectivity index (χ1) is 7.76. The van der Waals surface area contributed by atoms with Gasteiger partial charge in [-0.25, -0.2) is 9.67 Å². The summed E-state index contributed by atoms with van der Waals surface area (Å²) in [6.07, 6.45) is 2.65. The monoisotopic (exact) mass is 224 g/mol. The van der Waals surface area contributed by atoms with E-state index in [2.05, 4.69) is 23.9 Å². The zero-order valence-corrected chi connectivity index (χ0v) is 10.0. The first kappa shape index (κ1) is 11.5. The SMILES string of the molecule is CCc1nc(CC)n(C2COCCC2N)n1. The molecule has 0 spiro atoms. The number of nitrogens with zero attached hydrogens (tertiary/aromatic N) is 3. The summed E-state index contributed by atoms with van der Waals surface area (Å²) in [6.45, 7) is 5.57. The van der Waals surface area contributed by atoms with Crippen LogP contribution in [-0.4, -0.2) is 34.0 Å². The van der Waals surface area contributed by atoms with Crippen LogP contribution in [0.4, 0.5) is 0 Å². The number of aromatic nitrogens is 3. The Labute approximate surface area is 96.0 Å². The van der Waals surface area contributed by atoms with Gasteiger partial charge in [0.2, 0.25) is 0 Å². The molecule has 2 heterocycles. The summed E-state index contributed by atoms with van der Waals surface area (Å²) in [4.78, 5) is 4.50. The van der Waals surface area contributed by atoms with Gasteiger partial charge in [-0.05, 0) is 6.42 Å². The van der Waals surface area contributed by atoms with Crippen molar-refractivity contribution in [2.24, 2.45) is 5.73 Å². The molecule has 90 valence electrons. The smallest absolute Gasteiger partial charge is 0.150 e. The van der Waals surface area contributed by atoms with Gasteiger partial charge in [-0.15, -0.1) is 0 Å². The predicted octanol–water partition coefficient (Wildman–Crippen LogP) is 0.692. The average molecular weight is 224 g/mol. The van der Waals surface area contributed by atoms with Crippen LogP contribution >= 0.6 is 0 Å². The van der Waals surface area contributed by atoms with Crippen LogP contribution in [0.5, 0.6) is 0 Å². The van der Waals surface area contributed by atoms with E-state index in [-0.39, 0.29) is 12.1 Å². The van der Waals surface area contributed by atoms with Crippen molar-refractivity contribution in [1.82, 2.24) is 14.8 Å². The number of ether oxygens (including phenoxy) is 1. The van der Waals surface area contributed by atoms with Crippen LogP contribution in [-0.2, 0) is 17.6 Å². The van der Waals surface area contributed by atoms with Gasteiger partial charge in [-0.1, -0.05) is 13.8 Å². The quantitative estimate of drug-likeness (QED) is 0.820. The largest absolute Gasteiger partial charge is 0.379 e. The molecule has 1 aliphatic heterocycles. The molecule has 0 aromatic carbocycles. The van der Waals surface area contributed by atoms with E-state index in [0.29, 0.717) is 6.61 Å². The maximum atomic E-state index is 6.12. The van der Waals surface area contributed by atoms with E-state index >= 15 is 0 Å². The van der Waals surface area contributed by atoms with E-state index in [1.807, 2.05) is 4.68 Å². The molecule has 0 aliphatic carbocycles. The summed E-state index contributed by atoms with van der Waals surface area (Å²) in [5.74, 6) is 1.91. The average Bonchev–Trinajstić information content (AvgIpc) is 2.72. The lowest BCUT2D eigenvalue weighted by molar-refractivity contribution is 0.0412. The van der Waals surface area contributed by atoms with Crippen LogP contribution < -0.4 is 5.73 Å². The van der Waals surface area contributed by atoms with Crippen molar-refractivity contribution in [3.63, 3.8) is 0 Å². The van der Waals surface area contributed by atoms with Gasteiger partial charge in [-0.3, -0.25) is 0 Å². The Balaban J connectivity index is 2.26. The van der Waals surface area contributed by atoms with E-state index in [0.717, 1.165) is 37.5 Å². The van der Waals surface area contributed by atoms with E-state index in [9.17, 15) is 0 Å². The second-order valence-corrected chi connectivity index (χ2v) is 4.19. The predicted molar refractivity (Wildman–Crippen MR) is 61.2 cm³/mol. The van der Waals surface area contributed by atoms with E-state index < -0.39 is 0 Å². The molecule has 1 saturated heterocycles. The summed E-state index contributed by atoms with van der Waals surface area (Å²) < 4.78 is 7.46. The van der Waals surface area contributed by atoms with Crippen molar-refractivity contribution in [2.45, 2.75) is 45.2 Å². The minimum absolute atomic E-state index is 0.130. The fourth-order valence-corrected chi connectivity index (χ4v) is 2.05. The third-order valence-electron chi connectivity index (χ3n) is 3.07. The van der Waals surface area contributed by atoms with Gasteiger partial charge in [0.05, 0.1) is 12.6 Å². The third kappa shape index (κ3) is 2.10. The highest BCUT2D eigenvalue weighted by Crippen LogP contribution is 2.19. The van der Waals surface area contributed by atoms with Crippen molar-refractivity contribution in [2.75, 3.05) is 13.2 Å². The van der Waals surface area contributed by atoms with E-state index in [1.165, 1.54) is 0 Å². The Bertz CT molecular complexity index is 350. The van der Waals surface area contributed by atoms with Gasteiger partial charge >= 0.3 is 0 Å². The molecule has 0 radical (unpaired) electrons. The van der Waals surface area contributed by atoms with Gasteiger partial charge in [0.25, 0.3) is 0 Å². The van der Waals surface area contributed by atoms with E-state index in [4.69, 9.17) is 10.5 Å². The molecule has 2 unspecified atom stereocenters. The van der Waals surface area contributed by atoms with Crippen LogP contribution in [0.3, 0.4) is 0 Å². The molecule has 1 fully saturated rings. The van der Waals surface area contributed by atoms with Crippen molar-refractivity contribution < 1.29 is 4.74 Å². The molecular weight excluding hydrogens is 204 g/mol. The summed E-state index contributed by atoms with van der Waals surface area (Å²) >= 11 is 0. The fraction of sp³-hybridized carbons (Fsp3) is 0.818. The highest BCUT2D eigenvalue weighted by atomic mass is 16.5. The van der Waals surface area contributed by atoms with Crippen molar-refractivity contribution >= 4 is 0 Å². The minimum Gasteiger partial charge on any atom is -0.379 e. The van der Waals surface area contributed by atoms with Crippen LogP contribution in [0.25, 0.3) is 0 Å². The maximum Gasteiger partial charge on any atom is 0.150 e. The second kappa shape index (κ2) is 4.93. The summed E-state index contributed by atoms with van der Waals surface area (Å²) in [7, 11) is 0. The lowest BCUT2D eigenvalue weighted by Gasteiger charge is -2.29. The highest BCUT2D eigenvalue weighted by Gasteiger charge is 2.27. The number of rotatable bonds is 3. The van der Waals surface area contributed by atoms with Gasteiger partial charge in [0, 0.05) is 25.5 Å². The van der Waals surface area contributed by atoms with Crippen LogP contribution in [0.1, 0.15) is 38.0 Å². The summed E-state index contributed by atoms with van der Waals surface area (Å²) in [5.41, 5.74) is 6.12. The van der Waals surface area contributed by atoms with Crippen LogP contribution in [0, 0.1) is 0 Å². The molecular formula is C11H20N4O. The molecule has 0 bridgehead atoms. The molecule has 2 N–H and O–H groups in total. The third-order valence-corrected chi connectivity index (χ3v) is 3.07. The summed E-state index contributed by atoms with van der Waals surface area (Å²) in [5, 5.41) is 4.52. The topological polar surface area (TPSA) is 66.0 Å². The molecule has 5 nitrogen and oxygen atoms in total. The normalized spacial score (nSPS) is 25.9. The first-order valence-corrected chi connectivity index (χ1v) is 6.03. The maximum absolute atomic E-state index is 6.12. The second-order valence-electron chi connectivity index (χ2n) is 4.19. The van der Waals surface area contributed by atoms with Crippen LogP contribution in [0.15, 0.2) is 0 Å². The number of hydrogen-bond donors (Lipinski definition) is 1. The molecule has 2 atom stereocenters. The Morgan fingerprint density at radius 2 is 2.25 bits per heavy atom. The Kier molecular flexibility index (Phi) is 3.56. The van der Waals surface area contributed by atoms with Gasteiger partial charge < -0.3 is 10.5 Å². The lowest BCUT2D eigenvalue weighted by atomic mass is 10.1. The Morgan fingerprint density at radius 1 is 1.44 bits per heavy atom. The molecule has 1 aromatic rings. The lowest BCUT2D eigenvalue weighted by Crippen LogP contribution is -2.41. The first-order valence-electron chi connectivity index (χ1n) is 6.03. The van der Waals surface area contributed by atoms with Gasteiger partial charge in [-0.2, -0.15) is 5.10 Å². The van der Waals surface area contributed by atoms with Crippen molar-refractivity contribution in [1.29, 1.82) is 0 Å². The zero-order valence-electron chi connectivity index (χ0n) is 10.0. The van der Waals surface area contributed by atoms with Gasteiger partial charge in [0.15, 0.2) is 5.82 Å². The number of aryl methyl sites for hydroxylation is 2. The van der Waals surface area contributed by atoms with Crippen molar-refractivity contribution in [3.8, 4) is 0 Å². The Morgan fingerprint density at radius 3 is 2.88 bits per heavy atom. The van der Waals surface area contributed by atoms with E-state index in [1.54, 1.807) is 0 Å². The molecule has 1 aliphatic rings. The minimum atomic E-state index is 0.130. The molecule has 0 saturated carbocycles. The fourth-order valence-electron chi connectivity index (χ4n) is 2.05. The Hall–Kier alpha value is -0.940. The van der Waals surface area contributed by atoms with Crippen molar-refractivity contribution in [3.05, 3.63) is 11.6 Å². The zero-order chi connectivity index (χ0) is 11.5. The molecule has 16 heavy (non-hydrogen) atoms. The molecule has 2 rings (SSSR count). The molecule has 0 amide bonds. The number of hydrogen-bond acceptors (Lipinski definition) is 4. The summed E-state index contributed by atoms with van der Waals surface area (Å²) in [6, 6.07) is 0.280. The highest BCUT2D eigenvalue weighted by molar-refractivity contribution is 4.97. The van der Waals surface area contributed by atoms with Gasteiger partial charge in [0.1, 0.15) is 5.82 Å². The van der Waals surface area contributed by atoms with Crippen LogP contribution in [0.2, 0.25) is 0 Å². The standard InChI is InChI=1S/C11H20N4O/c1-3-10-13-11(4-2)15(14-10)9-7-16-6-5-8(9)12/h8-9H,3-7,12H2,1-2H3. The number of nitrogens with two attached hydrogens (primary N) is 1.